The maximum atomic E-state index is 9.92. The van der Waals surface area contributed by atoms with Crippen LogP contribution >= 0.6 is 8.25 Å². The first-order valence-corrected chi connectivity index (χ1v) is 3.21. The van der Waals surface area contributed by atoms with Crippen molar-refractivity contribution in [3.8, 4) is 0 Å². The molecular formula is C4H7NO3P+. The molecule has 0 saturated heterocycles. The van der Waals surface area contributed by atoms with Crippen LogP contribution in [0.1, 0.15) is 0 Å². The third-order valence-corrected chi connectivity index (χ3v) is 0.852. The molecule has 0 heterocycles. The molecule has 50 valence electrons. The summed E-state index contributed by atoms with van der Waals surface area (Å²) in [5, 5.41) is 0.943. The molecule has 0 aromatic heterocycles. The zero-order chi connectivity index (χ0) is 7.28. The molecule has 0 aliphatic heterocycles. The van der Waals surface area contributed by atoms with E-state index in [0.29, 0.717) is 0 Å². The molecule has 4 nitrogen and oxygen atoms in total. The summed E-state index contributed by atoms with van der Waals surface area (Å²) in [4.78, 5) is 8.13. The fraction of sp³-hybridized carbons (Fsp3) is 0. The highest BCUT2D eigenvalue weighted by Gasteiger charge is 2.14. The van der Waals surface area contributed by atoms with Gasteiger partial charge >= 0.3 is 8.25 Å². The standard InChI is InChI=1S/C4H6NO3P/c1-3-5(4-2)8-9(6)7/h3-4H,1-2H2/p+1. The Morgan fingerprint density at radius 2 is 2.00 bits per heavy atom. The van der Waals surface area contributed by atoms with E-state index in [1.54, 1.807) is 0 Å². The van der Waals surface area contributed by atoms with Crippen molar-refractivity contribution in [2.24, 2.45) is 0 Å². The minimum atomic E-state index is -2.62. The van der Waals surface area contributed by atoms with Crippen molar-refractivity contribution < 1.29 is 14.1 Å². The molecule has 0 saturated carbocycles. The Kier molecular flexibility index (Phi) is 3.88. The van der Waals surface area contributed by atoms with Crippen molar-refractivity contribution in [1.29, 1.82) is 0 Å². The third kappa shape index (κ3) is 3.85. The van der Waals surface area contributed by atoms with Crippen molar-refractivity contribution >= 4 is 8.25 Å². The second-order valence-electron chi connectivity index (χ2n) is 1.04. The molecule has 0 aliphatic rings. The van der Waals surface area contributed by atoms with E-state index in [9.17, 15) is 4.57 Å². The summed E-state index contributed by atoms with van der Waals surface area (Å²) < 4.78 is 14.1. The van der Waals surface area contributed by atoms with E-state index in [1.165, 1.54) is 12.4 Å². The SMILES string of the molecule is C=CN(C=C)O[P+](=O)O. The van der Waals surface area contributed by atoms with Gasteiger partial charge in [0.05, 0.1) is 0 Å². The first-order valence-electron chi connectivity index (χ1n) is 2.08. The zero-order valence-corrected chi connectivity index (χ0v) is 5.62. The van der Waals surface area contributed by atoms with Crippen LogP contribution in [0.2, 0.25) is 0 Å². The van der Waals surface area contributed by atoms with Crippen molar-refractivity contribution in [3.05, 3.63) is 25.6 Å². The van der Waals surface area contributed by atoms with E-state index < -0.39 is 8.25 Å². The molecule has 9 heavy (non-hydrogen) atoms. The summed E-state index contributed by atoms with van der Waals surface area (Å²) in [6.07, 6.45) is 2.44. The van der Waals surface area contributed by atoms with Gasteiger partial charge < -0.3 is 0 Å². The lowest BCUT2D eigenvalue weighted by molar-refractivity contribution is 0.0427. The summed E-state index contributed by atoms with van der Waals surface area (Å²) >= 11 is 0. The van der Waals surface area contributed by atoms with E-state index in [2.05, 4.69) is 17.8 Å². The van der Waals surface area contributed by atoms with Gasteiger partial charge in [-0.15, -0.1) is 4.89 Å². The van der Waals surface area contributed by atoms with Crippen LogP contribution in [0.15, 0.2) is 25.6 Å². The first-order chi connectivity index (χ1) is 4.20. The Bertz CT molecular complexity index is 128. The highest BCUT2D eigenvalue weighted by Crippen LogP contribution is 2.17. The number of rotatable bonds is 4. The lowest BCUT2D eigenvalue weighted by Crippen LogP contribution is -2.02. The normalized spacial score (nSPS) is 10.1. The molecule has 0 amide bonds. The van der Waals surface area contributed by atoms with Crippen LogP contribution < -0.4 is 0 Å². The topological polar surface area (TPSA) is 49.8 Å². The maximum absolute atomic E-state index is 9.92. The van der Waals surface area contributed by atoms with E-state index in [-0.39, 0.29) is 0 Å². The van der Waals surface area contributed by atoms with E-state index in [1.807, 2.05) is 0 Å². The number of hydrogen-bond donors (Lipinski definition) is 1. The quantitative estimate of drug-likeness (QED) is 0.480. The predicted molar refractivity (Wildman–Crippen MR) is 33.1 cm³/mol. The summed E-state index contributed by atoms with van der Waals surface area (Å²) in [6, 6.07) is 0. The summed E-state index contributed by atoms with van der Waals surface area (Å²) in [5.41, 5.74) is 0. The molecule has 1 unspecified atom stereocenters. The molecule has 0 spiro atoms. The minimum absolute atomic E-state index is 0.943. The highest BCUT2D eigenvalue weighted by atomic mass is 31.1. The van der Waals surface area contributed by atoms with Gasteiger partial charge in [-0.2, -0.15) is 5.06 Å². The Hall–Kier alpha value is -0.700. The second-order valence-corrected chi connectivity index (χ2v) is 1.68. The number of hydroxylamine groups is 2. The van der Waals surface area contributed by atoms with Crippen LogP contribution in [-0.4, -0.2) is 9.96 Å². The summed E-state index contributed by atoms with van der Waals surface area (Å²) in [5.74, 6) is 0. The van der Waals surface area contributed by atoms with Crippen molar-refractivity contribution in [3.63, 3.8) is 0 Å². The summed E-state index contributed by atoms with van der Waals surface area (Å²) in [7, 11) is -2.62. The molecule has 1 atom stereocenters. The zero-order valence-electron chi connectivity index (χ0n) is 4.73. The molecule has 0 fully saturated rings. The molecule has 1 N–H and O–H groups in total. The maximum Gasteiger partial charge on any atom is 0.719 e. The Labute approximate surface area is 54.0 Å². The second kappa shape index (κ2) is 4.21. The average Bonchev–Trinajstić information content (AvgIpc) is 1.82. The molecule has 0 aliphatic carbocycles. The lowest BCUT2D eigenvalue weighted by Gasteiger charge is -1.99. The van der Waals surface area contributed by atoms with Crippen LogP contribution in [0.5, 0.6) is 0 Å². The van der Waals surface area contributed by atoms with Gasteiger partial charge in [0.2, 0.25) is 0 Å². The average molecular weight is 148 g/mol. The van der Waals surface area contributed by atoms with Crippen molar-refractivity contribution in [2.45, 2.75) is 0 Å². The molecule has 0 aromatic rings. The van der Waals surface area contributed by atoms with Crippen LogP contribution in [0.25, 0.3) is 0 Å². The van der Waals surface area contributed by atoms with Gasteiger partial charge in [0.25, 0.3) is 0 Å². The molecule has 0 bridgehead atoms. The van der Waals surface area contributed by atoms with Crippen molar-refractivity contribution in [2.75, 3.05) is 0 Å². The van der Waals surface area contributed by atoms with Gasteiger partial charge in [-0.05, 0) is 0 Å². The van der Waals surface area contributed by atoms with E-state index in [0.717, 1.165) is 5.06 Å². The van der Waals surface area contributed by atoms with Crippen LogP contribution in [0, 0.1) is 0 Å². The molecule has 0 radical (unpaired) electrons. The fourth-order valence-electron chi connectivity index (χ4n) is 0.222. The first kappa shape index (κ1) is 8.30. The molecule has 5 heteroatoms. The predicted octanol–water partition coefficient (Wildman–Crippen LogP) is 1.16. The largest absolute Gasteiger partial charge is 0.719 e. The molecular weight excluding hydrogens is 141 g/mol. The van der Waals surface area contributed by atoms with Gasteiger partial charge in [-0.3, -0.25) is 0 Å². The van der Waals surface area contributed by atoms with Crippen molar-refractivity contribution in [1.82, 2.24) is 5.06 Å². The lowest BCUT2D eigenvalue weighted by atomic mass is 10.9. The Morgan fingerprint density at radius 1 is 1.56 bits per heavy atom. The van der Waals surface area contributed by atoms with Crippen LogP contribution in [0.3, 0.4) is 0 Å². The molecule has 0 aromatic carbocycles. The van der Waals surface area contributed by atoms with E-state index >= 15 is 0 Å². The van der Waals surface area contributed by atoms with Crippen LogP contribution in [0.4, 0.5) is 0 Å². The minimum Gasteiger partial charge on any atom is -0.186 e. The van der Waals surface area contributed by atoms with Crippen LogP contribution in [-0.2, 0) is 9.19 Å². The monoisotopic (exact) mass is 148 g/mol. The van der Waals surface area contributed by atoms with Gasteiger partial charge in [-0.25, -0.2) is 0 Å². The summed E-state index contributed by atoms with van der Waals surface area (Å²) in [6.45, 7) is 6.55. The third-order valence-electron chi connectivity index (χ3n) is 0.524. The Morgan fingerprint density at radius 3 is 2.11 bits per heavy atom. The van der Waals surface area contributed by atoms with Gasteiger partial charge in [0.15, 0.2) is 0 Å². The van der Waals surface area contributed by atoms with Gasteiger partial charge in [0.1, 0.15) is 0 Å². The van der Waals surface area contributed by atoms with Gasteiger partial charge in [-0.1, -0.05) is 13.2 Å². The highest BCUT2D eigenvalue weighted by molar-refractivity contribution is 7.32. The Balaban J connectivity index is 3.68. The van der Waals surface area contributed by atoms with Gasteiger partial charge in [0, 0.05) is 21.6 Å². The smallest absolute Gasteiger partial charge is 0.186 e. The number of hydrogen-bond acceptors (Lipinski definition) is 3. The number of nitrogens with zero attached hydrogens (tertiary/aromatic N) is 1. The van der Waals surface area contributed by atoms with E-state index in [4.69, 9.17) is 4.89 Å². The molecule has 0 rings (SSSR count). The fourth-order valence-corrected chi connectivity index (χ4v) is 0.516.